The fourth-order valence-corrected chi connectivity index (χ4v) is 2.09. The average Bonchev–Trinajstić information content (AvgIpc) is 2.48. The SMILES string of the molecule is C=C1CC(c2ccc(Br)cc2)CC1=O. The molecule has 1 fully saturated rings. The fraction of sp³-hybridized carbons (Fsp3) is 0.250. The molecule has 1 aromatic carbocycles. The Balaban J connectivity index is 2.21. The quantitative estimate of drug-likeness (QED) is 0.698. The minimum Gasteiger partial charge on any atom is -0.295 e. The Morgan fingerprint density at radius 1 is 1.21 bits per heavy atom. The first-order chi connectivity index (χ1) is 6.66. The lowest BCUT2D eigenvalue weighted by Gasteiger charge is -2.07. The maximum absolute atomic E-state index is 11.3. The molecule has 0 aliphatic heterocycles. The minimum absolute atomic E-state index is 0.220. The molecule has 72 valence electrons. The Morgan fingerprint density at radius 2 is 1.86 bits per heavy atom. The van der Waals surface area contributed by atoms with Crippen molar-refractivity contribution in [3.8, 4) is 0 Å². The van der Waals surface area contributed by atoms with E-state index >= 15 is 0 Å². The van der Waals surface area contributed by atoms with E-state index in [0.29, 0.717) is 12.3 Å². The van der Waals surface area contributed by atoms with Crippen molar-refractivity contribution in [2.45, 2.75) is 18.8 Å². The maximum atomic E-state index is 11.3. The Bertz CT molecular complexity index is 362. The number of rotatable bonds is 1. The third-order valence-electron chi connectivity index (χ3n) is 2.66. The van der Waals surface area contributed by atoms with E-state index < -0.39 is 0 Å². The summed E-state index contributed by atoms with van der Waals surface area (Å²) in [5.41, 5.74) is 2.01. The molecule has 0 saturated heterocycles. The van der Waals surface area contributed by atoms with Crippen LogP contribution in [0.2, 0.25) is 0 Å². The van der Waals surface area contributed by atoms with Crippen LogP contribution in [0.4, 0.5) is 0 Å². The Morgan fingerprint density at radius 3 is 2.36 bits per heavy atom. The van der Waals surface area contributed by atoms with E-state index in [1.54, 1.807) is 0 Å². The zero-order chi connectivity index (χ0) is 10.1. The highest BCUT2D eigenvalue weighted by Crippen LogP contribution is 2.34. The molecule has 0 heterocycles. The summed E-state index contributed by atoms with van der Waals surface area (Å²) in [4.78, 5) is 11.3. The van der Waals surface area contributed by atoms with Gasteiger partial charge in [-0.05, 0) is 35.6 Å². The van der Waals surface area contributed by atoms with E-state index in [0.717, 1.165) is 16.5 Å². The van der Waals surface area contributed by atoms with Gasteiger partial charge in [0.25, 0.3) is 0 Å². The third-order valence-corrected chi connectivity index (χ3v) is 3.19. The molecular weight excluding hydrogens is 240 g/mol. The molecule has 1 atom stereocenters. The summed E-state index contributed by atoms with van der Waals surface area (Å²) in [5.74, 6) is 0.570. The summed E-state index contributed by atoms with van der Waals surface area (Å²) in [6.07, 6.45) is 1.45. The summed E-state index contributed by atoms with van der Waals surface area (Å²) >= 11 is 3.39. The molecule has 0 N–H and O–H groups in total. The van der Waals surface area contributed by atoms with Gasteiger partial charge in [-0.2, -0.15) is 0 Å². The van der Waals surface area contributed by atoms with Crippen LogP contribution in [-0.4, -0.2) is 5.78 Å². The molecule has 1 aliphatic carbocycles. The molecular formula is C12H11BrO. The largest absolute Gasteiger partial charge is 0.295 e. The molecule has 0 radical (unpaired) electrons. The zero-order valence-corrected chi connectivity index (χ0v) is 9.38. The van der Waals surface area contributed by atoms with E-state index in [9.17, 15) is 4.79 Å². The summed E-state index contributed by atoms with van der Waals surface area (Å²) in [7, 11) is 0. The van der Waals surface area contributed by atoms with Gasteiger partial charge < -0.3 is 0 Å². The first kappa shape index (κ1) is 9.66. The fourth-order valence-electron chi connectivity index (χ4n) is 1.82. The molecule has 0 aromatic heterocycles. The standard InChI is InChI=1S/C12H11BrO/c1-8-6-10(7-12(8)14)9-2-4-11(13)5-3-9/h2-5,10H,1,6-7H2. The first-order valence-electron chi connectivity index (χ1n) is 4.63. The van der Waals surface area contributed by atoms with Crippen molar-refractivity contribution in [2.75, 3.05) is 0 Å². The summed E-state index contributed by atoms with van der Waals surface area (Å²) in [6.45, 7) is 3.77. The lowest BCUT2D eigenvalue weighted by molar-refractivity contribution is -0.114. The van der Waals surface area contributed by atoms with Crippen molar-refractivity contribution in [3.05, 3.63) is 46.5 Å². The number of Topliss-reactive ketones (excluding diaryl/α,β-unsaturated/α-hetero) is 1. The normalized spacial score (nSPS) is 21.6. The monoisotopic (exact) mass is 250 g/mol. The van der Waals surface area contributed by atoms with Gasteiger partial charge in [0.1, 0.15) is 0 Å². The number of allylic oxidation sites excluding steroid dienone is 1. The van der Waals surface area contributed by atoms with Crippen LogP contribution in [-0.2, 0) is 4.79 Å². The van der Waals surface area contributed by atoms with Gasteiger partial charge in [0, 0.05) is 10.9 Å². The highest BCUT2D eigenvalue weighted by atomic mass is 79.9. The van der Waals surface area contributed by atoms with Gasteiger partial charge in [-0.25, -0.2) is 0 Å². The highest BCUT2D eigenvalue weighted by Gasteiger charge is 2.26. The lowest BCUT2D eigenvalue weighted by Crippen LogP contribution is -1.93. The summed E-state index contributed by atoms with van der Waals surface area (Å²) < 4.78 is 1.07. The van der Waals surface area contributed by atoms with E-state index in [2.05, 4.69) is 34.6 Å². The van der Waals surface area contributed by atoms with Crippen LogP contribution < -0.4 is 0 Å². The third kappa shape index (κ3) is 1.80. The number of hydrogen-bond donors (Lipinski definition) is 0. The van der Waals surface area contributed by atoms with Gasteiger partial charge in [0.15, 0.2) is 5.78 Å². The predicted octanol–water partition coefficient (Wildman–Crippen LogP) is 3.45. The average molecular weight is 251 g/mol. The van der Waals surface area contributed by atoms with Gasteiger partial charge >= 0.3 is 0 Å². The second-order valence-corrected chi connectivity index (χ2v) is 4.60. The molecule has 1 aromatic rings. The van der Waals surface area contributed by atoms with Crippen LogP contribution in [0.25, 0.3) is 0 Å². The highest BCUT2D eigenvalue weighted by molar-refractivity contribution is 9.10. The van der Waals surface area contributed by atoms with Gasteiger partial charge in [0.2, 0.25) is 0 Å². The van der Waals surface area contributed by atoms with E-state index in [-0.39, 0.29) is 5.78 Å². The van der Waals surface area contributed by atoms with Crippen LogP contribution in [0.1, 0.15) is 24.3 Å². The summed E-state index contributed by atoms with van der Waals surface area (Å²) in [6, 6.07) is 8.17. The van der Waals surface area contributed by atoms with Crippen LogP contribution in [0.15, 0.2) is 40.9 Å². The minimum atomic E-state index is 0.220. The van der Waals surface area contributed by atoms with Crippen molar-refractivity contribution in [2.24, 2.45) is 0 Å². The molecule has 1 nitrogen and oxygen atoms in total. The number of halogens is 1. The molecule has 0 spiro atoms. The number of ketones is 1. The molecule has 14 heavy (non-hydrogen) atoms. The van der Waals surface area contributed by atoms with Gasteiger partial charge in [-0.1, -0.05) is 34.6 Å². The molecule has 2 heteroatoms. The Hall–Kier alpha value is -0.890. The van der Waals surface area contributed by atoms with Gasteiger partial charge in [-0.15, -0.1) is 0 Å². The van der Waals surface area contributed by atoms with E-state index in [1.165, 1.54) is 5.56 Å². The van der Waals surface area contributed by atoms with Crippen molar-refractivity contribution in [1.82, 2.24) is 0 Å². The molecule has 1 aliphatic rings. The smallest absolute Gasteiger partial charge is 0.158 e. The zero-order valence-electron chi connectivity index (χ0n) is 7.79. The number of benzene rings is 1. The number of carbonyl (C=O) groups excluding carboxylic acids is 1. The van der Waals surface area contributed by atoms with E-state index in [1.807, 2.05) is 12.1 Å². The summed E-state index contributed by atoms with van der Waals surface area (Å²) in [5, 5.41) is 0. The molecule has 1 saturated carbocycles. The molecule has 0 amide bonds. The number of carbonyl (C=O) groups is 1. The second kappa shape index (κ2) is 3.70. The topological polar surface area (TPSA) is 17.1 Å². The van der Waals surface area contributed by atoms with Crippen LogP contribution in [0.5, 0.6) is 0 Å². The van der Waals surface area contributed by atoms with Crippen molar-refractivity contribution >= 4 is 21.7 Å². The van der Waals surface area contributed by atoms with Gasteiger partial charge in [0.05, 0.1) is 0 Å². The maximum Gasteiger partial charge on any atom is 0.158 e. The Labute approximate surface area is 92.0 Å². The molecule has 0 bridgehead atoms. The molecule has 1 unspecified atom stereocenters. The van der Waals surface area contributed by atoms with Crippen LogP contribution in [0.3, 0.4) is 0 Å². The van der Waals surface area contributed by atoms with Crippen molar-refractivity contribution < 1.29 is 4.79 Å². The number of hydrogen-bond acceptors (Lipinski definition) is 1. The molecule has 2 rings (SSSR count). The van der Waals surface area contributed by atoms with Crippen molar-refractivity contribution in [1.29, 1.82) is 0 Å². The van der Waals surface area contributed by atoms with Crippen molar-refractivity contribution in [3.63, 3.8) is 0 Å². The van der Waals surface area contributed by atoms with Gasteiger partial charge in [-0.3, -0.25) is 4.79 Å². The predicted molar refractivity (Wildman–Crippen MR) is 60.3 cm³/mol. The van der Waals surface area contributed by atoms with Crippen LogP contribution in [0, 0.1) is 0 Å². The lowest BCUT2D eigenvalue weighted by atomic mass is 9.98. The van der Waals surface area contributed by atoms with E-state index in [4.69, 9.17) is 0 Å². The second-order valence-electron chi connectivity index (χ2n) is 3.68. The Kier molecular flexibility index (Phi) is 2.55. The van der Waals surface area contributed by atoms with Crippen LogP contribution >= 0.6 is 15.9 Å². The first-order valence-corrected chi connectivity index (χ1v) is 5.42.